The van der Waals surface area contributed by atoms with E-state index in [4.69, 9.17) is 16.3 Å². The molecule has 1 heterocycles. The van der Waals surface area contributed by atoms with E-state index in [1.807, 2.05) is 36.4 Å². The summed E-state index contributed by atoms with van der Waals surface area (Å²) in [6.07, 6.45) is 0. The van der Waals surface area contributed by atoms with Gasteiger partial charge in [-0.2, -0.15) is 0 Å². The summed E-state index contributed by atoms with van der Waals surface area (Å²) < 4.78 is 4.71. The zero-order chi connectivity index (χ0) is 15.5. The first-order chi connectivity index (χ1) is 10.7. The average molecular weight is 329 g/mol. The molecule has 3 rings (SSSR count). The minimum absolute atomic E-state index is 0.320. The highest BCUT2D eigenvalue weighted by atomic mass is 35.5. The van der Waals surface area contributed by atoms with Gasteiger partial charge in [-0.3, -0.25) is 0 Å². The molecule has 0 unspecified atom stereocenters. The van der Waals surface area contributed by atoms with Gasteiger partial charge in [-0.15, -0.1) is 11.3 Å². The zero-order valence-corrected chi connectivity index (χ0v) is 13.4. The Kier molecular flexibility index (Phi) is 4.27. The highest BCUT2D eigenvalue weighted by molar-refractivity contribution is 7.18. The van der Waals surface area contributed by atoms with Crippen LogP contribution in [0, 0.1) is 0 Å². The Labute approximate surface area is 137 Å². The number of hydrogen-bond acceptors (Lipinski definition) is 3. The maximum atomic E-state index is 11.4. The molecule has 0 bridgehead atoms. The Balaban J connectivity index is 1.87. The van der Waals surface area contributed by atoms with Crippen molar-refractivity contribution in [1.29, 1.82) is 0 Å². The maximum absolute atomic E-state index is 11.4. The second-order valence-electron chi connectivity index (χ2n) is 4.74. The lowest BCUT2D eigenvalue weighted by atomic mass is 10.1. The minimum atomic E-state index is -0.320. The number of thiophene rings is 1. The molecular formula is C18H13ClO2S. The maximum Gasteiger partial charge on any atom is 0.337 e. The van der Waals surface area contributed by atoms with Gasteiger partial charge in [0.1, 0.15) is 0 Å². The zero-order valence-electron chi connectivity index (χ0n) is 11.9. The lowest BCUT2D eigenvalue weighted by molar-refractivity contribution is 0.0601. The van der Waals surface area contributed by atoms with E-state index in [1.165, 1.54) is 12.0 Å². The van der Waals surface area contributed by atoms with Gasteiger partial charge >= 0.3 is 5.97 Å². The largest absolute Gasteiger partial charge is 0.465 e. The van der Waals surface area contributed by atoms with E-state index in [0.29, 0.717) is 5.56 Å². The summed E-state index contributed by atoms with van der Waals surface area (Å²) in [7, 11) is 1.38. The lowest BCUT2D eigenvalue weighted by Gasteiger charge is -2.01. The van der Waals surface area contributed by atoms with E-state index in [0.717, 1.165) is 21.0 Å². The van der Waals surface area contributed by atoms with E-state index in [-0.39, 0.29) is 5.97 Å². The number of halogens is 1. The van der Waals surface area contributed by atoms with Crippen LogP contribution in [0.4, 0.5) is 0 Å². The van der Waals surface area contributed by atoms with Gasteiger partial charge in [-0.1, -0.05) is 35.9 Å². The van der Waals surface area contributed by atoms with E-state index in [9.17, 15) is 4.79 Å². The van der Waals surface area contributed by atoms with Crippen LogP contribution in [0.15, 0.2) is 60.7 Å². The molecule has 2 nitrogen and oxygen atoms in total. The topological polar surface area (TPSA) is 26.3 Å². The van der Waals surface area contributed by atoms with Gasteiger partial charge < -0.3 is 4.74 Å². The van der Waals surface area contributed by atoms with Crippen molar-refractivity contribution in [3.05, 3.63) is 71.2 Å². The van der Waals surface area contributed by atoms with Crippen LogP contribution in [0.25, 0.3) is 20.9 Å². The van der Waals surface area contributed by atoms with Crippen LogP contribution in [0.5, 0.6) is 0 Å². The first-order valence-electron chi connectivity index (χ1n) is 6.72. The summed E-state index contributed by atoms with van der Waals surface area (Å²) in [6.45, 7) is 0. The third-order valence-corrected chi connectivity index (χ3v) is 4.76. The number of esters is 1. The first kappa shape index (κ1) is 14.8. The SMILES string of the molecule is COC(=O)c1ccc(-c2ccc(-c3ccc(Cl)cc3)s2)cc1. The van der Waals surface area contributed by atoms with Crippen molar-refractivity contribution in [3.63, 3.8) is 0 Å². The van der Waals surface area contributed by atoms with Crippen molar-refractivity contribution >= 4 is 28.9 Å². The molecule has 0 saturated heterocycles. The normalized spacial score (nSPS) is 10.5. The fourth-order valence-electron chi connectivity index (χ4n) is 2.15. The summed E-state index contributed by atoms with van der Waals surface area (Å²) in [6, 6.07) is 19.4. The van der Waals surface area contributed by atoms with E-state index in [2.05, 4.69) is 12.1 Å². The molecule has 0 aliphatic heterocycles. The third kappa shape index (κ3) is 3.06. The van der Waals surface area contributed by atoms with Crippen molar-refractivity contribution in [2.75, 3.05) is 7.11 Å². The predicted octanol–water partition coefficient (Wildman–Crippen LogP) is 5.52. The fourth-order valence-corrected chi connectivity index (χ4v) is 3.29. The summed E-state index contributed by atoms with van der Waals surface area (Å²) >= 11 is 7.62. The molecule has 22 heavy (non-hydrogen) atoms. The summed E-state index contributed by atoms with van der Waals surface area (Å²) in [5.74, 6) is -0.320. The fraction of sp³-hybridized carbons (Fsp3) is 0.0556. The highest BCUT2D eigenvalue weighted by Crippen LogP contribution is 2.34. The van der Waals surface area contributed by atoms with Gasteiger partial charge in [-0.25, -0.2) is 4.79 Å². The number of rotatable bonds is 3. The van der Waals surface area contributed by atoms with Crippen LogP contribution in [0.3, 0.4) is 0 Å². The quantitative estimate of drug-likeness (QED) is 0.591. The van der Waals surface area contributed by atoms with Crippen LogP contribution >= 0.6 is 22.9 Å². The lowest BCUT2D eigenvalue weighted by Crippen LogP contribution is -2.00. The molecule has 0 amide bonds. The number of methoxy groups -OCH3 is 1. The van der Waals surface area contributed by atoms with Crippen molar-refractivity contribution < 1.29 is 9.53 Å². The van der Waals surface area contributed by atoms with Gasteiger partial charge in [0.05, 0.1) is 12.7 Å². The number of carbonyl (C=O) groups excluding carboxylic acids is 1. The van der Waals surface area contributed by atoms with E-state index >= 15 is 0 Å². The molecular weight excluding hydrogens is 316 g/mol. The Morgan fingerprint density at radius 1 is 0.864 bits per heavy atom. The van der Waals surface area contributed by atoms with Crippen LogP contribution in [0.2, 0.25) is 5.02 Å². The molecule has 0 aliphatic rings. The molecule has 0 fully saturated rings. The number of carbonyl (C=O) groups is 1. The molecule has 0 aliphatic carbocycles. The molecule has 4 heteroatoms. The summed E-state index contributed by atoms with van der Waals surface area (Å²) in [5.41, 5.74) is 2.78. The Morgan fingerprint density at radius 3 is 1.86 bits per heavy atom. The van der Waals surface area contributed by atoms with Gasteiger partial charge in [0.2, 0.25) is 0 Å². The molecule has 0 N–H and O–H groups in total. The van der Waals surface area contributed by atoms with Gasteiger partial charge in [0.15, 0.2) is 0 Å². The Bertz CT molecular complexity index is 789. The van der Waals surface area contributed by atoms with Crippen LogP contribution < -0.4 is 0 Å². The highest BCUT2D eigenvalue weighted by Gasteiger charge is 2.08. The van der Waals surface area contributed by atoms with Crippen molar-refractivity contribution in [3.8, 4) is 20.9 Å². The molecule has 0 saturated carbocycles. The molecule has 3 aromatic rings. The second-order valence-corrected chi connectivity index (χ2v) is 6.26. The van der Waals surface area contributed by atoms with Gasteiger partial charge in [0.25, 0.3) is 0 Å². The molecule has 0 radical (unpaired) electrons. The monoisotopic (exact) mass is 328 g/mol. The van der Waals surface area contributed by atoms with Gasteiger partial charge in [0, 0.05) is 14.8 Å². The molecule has 2 aromatic carbocycles. The summed E-state index contributed by atoms with van der Waals surface area (Å²) in [5, 5.41) is 0.735. The van der Waals surface area contributed by atoms with Gasteiger partial charge in [-0.05, 0) is 47.5 Å². The van der Waals surface area contributed by atoms with Crippen molar-refractivity contribution in [2.45, 2.75) is 0 Å². The molecule has 110 valence electrons. The smallest absolute Gasteiger partial charge is 0.337 e. The van der Waals surface area contributed by atoms with Crippen LogP contribution in [0.1, 0.15) is 10.4 Å². The Morgan fingerprint density at radius 2 is 1.36 bits per heavy atom. The number of benzene rings is 2. The molecule has 0 atom stereocenters. The van der Waals surface area contributed by atoms with Crippen LogP contribution in [-0.4, -0.2) is 13.1 Å². The number of ether oxygens (including phenoxy) is 1. The Hall–Kier alpha value is -2.10. The predicted molar refractivity (Wildman–Crippen MR) is 91.5 cm³/mol. The first-order valence-corrected chi connectivity index (χ1v) is 7.91. The second kappa shape index (κ2) is 6.34. The molecule has 1 aromatic heterocycles. The van der Waals surface area contributed by atoms with Crippen molar-refractivity contribution in [1.82, 2.24) is 0 Å². The number of hydrogen-bond donors (Lipinski definition) is 0. The summed E-state index contributed by atoms with van der Waals surface area (Å²) in [4.78, 5) is 13.8. The van der Waals surface area contributed by atoms with E-state index < -0.39 is 0 Å². The average Bonchev–Trinajstić information content (AvgIpc) is 3.05. The standard InChI is InChI=1S/C18H13ClO2S/c1-21-18(20)14-4-2-12(3-5-14)16-10-11-17(22-16)13-6-8-15(19)9-7-13/h2-11H,1H3. The van der Waals surface area contributed by atoms with Crippen molar-refractivity contribution in [2.24, 2.45) is 0 Å². The third-order valence-electron chi connectivity index (χ3n) is 3.33. The minimum Gasteiger partial charge on any atom is -0.465 e. The van der Waals surface area contributed by atoms with E-state index in [1.54, 1.807) is 23.5 Å². The molecule has 0 spiro atoms. The van der Waals surface area contributed by atoms with Crippen LogP contribution in [-0.2, 0) is 4.74 Å².